The van der Waals surface area contributed by atoms with Crippen LogP contribution in [0.2, 0.25) is 0 Å². The highest BCUT2D eigenvalue weighted by molar-refractivity contribution is 5.82. The number of hydrogen-bond donors (Lipinski definition) is 0. The highest BCUT2D eigenvalue weighted by atomic mass is 15.1. The summed E-state index contributed by atoms with van der Waals surface area (Å²) in [4.78, 5) is 2.19. The van der Waals surface area contributed by atoms with Gasteiger partial charge >= 0.3 is 0 Å². The highest BCUT2D eigenvalue weighted by Crippen LogP contribution is 2.37. The SMILES string of the molecule is Cc1cccc(C(C)C)c1-c1ccccc1N(C)C. The molecule has 2 rings (SSSR count). The minimum Gasteiger partial charge on any atom is -0.377 e. The van der Waals surface area contributed by atoms with Crippen LogP contribution in [0.1, 0.15) is 30.9 Å². The maximum atomic E-state index is 2.26. The van der Waals surface area contributed by atoms with Crippen LogP contribution in [0.3, 0.4) is 0 Å². The Morgan fingerprint density at radius 1 is 0.895 bits per heavy atom. The predicted molar refractivity (Wildman–Crippen MR) is 85.0 cm³/mol. The van der Waals surface area contributed by atoms with E-state index in [-0.39, 0.29) is 0 Å². The Morgan fingerprint density at radius 2 is 1.58 bits per heavy atom. The Balaban J connectivity index is 2.72. The Bertz CT molecular complexity index is 568. The van der Waals surface area contributed by atoms with Crippen LogP contribution < -0.4 is 4.90 Å². The van der Waals surface area contributed by atoms with Crippen LogP contribution in [0, 0.1) is 6.92 Å². The lowest BCUT2D eigenvalue weighted by molar-refractivity contribution is 0.867. The van der Waals surface area contributed by atoms with Gasteiger partial charge in [0.15, 0.2) is 0 Å². The van der Waals surface area contributed by atoms with Gasteiger partial charge in [-0.05, 0) is 35.6 Å². The Kier molecular flexibility index (Phi) is 3.94. The molecule has 0 spiro atoms. The van der Waals surface area contributed by atoms with Gasteiger partial charge < -0.3 is 4.90 Å². The first-order chi connectivity index (χ1) is 9.02. The van der Waals surface area contributed by atoms with E-state index in [1.165, 1.54) is 27.9 Å². The average Bonchev–Trinajstić information content (AvgIpc) is 2.38. The van der Waals surface area contributed by atoms with Crippen molar-refractivity contribution in [2.45, 2.75) is 26.7 Å². The quantitative estimate of drug-likeness (QED) is 0.755. The topological polar surface area (TPSA) is 3.24 Å². The van der Waals surface area contributed by atoms with Crippen molar-refractivity contribution in [3.05, 3.63) is 53.6 Å². The zero-order valence-corrected chi connectivity index (χ0v) is 12.6. The number of rotatable bonds is 3. The maximum Gasteiger partial charge on any atom is 0.0440 e. The Labute approximate surface area is 116 Å². The van der Waals surface area contributed by atoms with Crippen molar-refractivity contribution in [2.24, 2.45) is 0 Å². The first-order valence-corrected chi connectivity index (χ1v) is 6.88. The molecule has 0 N–H and O–H groups in total. The van der Waals surface area contributed by atoms with Gasteiger partial charge in [0.05, 0.1) is 0 Å². The van der Waals surface area contributed by atoms with E-state index in [0.717, 1.165) is 0 Å². The molecule has 0 amide bonds. The molecule has 0 atom stereocenters. The van der Waals surface area contributed by atoms with E-state index in [4.69, 9.17) is 0 Å². The smallest absolute Gasteiger partial charge is 0.0440 e. The lowest BCUT2D eigenvalue weighted by atomic mass is 9.88. The summed E-state index contributed by atoms with van der Waals surface area (Å²) in [5.74, 6) is 0.533. The molecule has 0 radical (unpaired) electrons. The molecule has 0 aliphatic rings. The van der Waals surface area contributed by atoms with Gasteiger partial charge in [-0.15, -0.1) is 0 Å². The van der Waals surface area contributed by atoms with E-state index < -0.39 is 0 Å². The number of nitrogens with zero attached hydrogens (tertiary/aromatic N) is 1. The summed E-state index contributed by atoms with van der Waals surface area (Å²) in [6, 6.07) is 15.2. The molecule has 2 aromatic carbocycles. The molecule has 1 heteroatoms. The molecule has 0 aliphatic heterocycles. The summed E-state index contributed by atoms with van der Waals surface area (Å²) >= 11 is 0. The van der Waals surface area contributed by atoms with E-state index in [0.29, 0.717) is 5.92 Å². The lowest BCUT2D eigenvalue weighted by Gasteiger charge is -2.22. The molecule has 1 nitrogen and oxygen atoms in total. The van der Waals surface area contributed by atoms with Gasteiger partial charge in [-0.2, -0.15) is 0 Å². The number of benzene rings is 2. The summed E-state index contributed by atoms with van der Waals surface area (Å²) < 4.78 is 0. The largest absolute Gasteiger partial charge is 0.377 e. The molecule has 0 fully saturated rings. The van der Waals surface area contributed by atoms with Gasteiger partial charge in [0.25, 0.3) is 0 Å². The van der Waals surface area contributed by atoms with E-state index in [1.807, 2.05) is 0 Å². The van der Waals surface area contributed by atoms with Crippen molar-refractivity contribution in [3.63, 3.8) is 0 Å². The van der Waals surface area contributed by atoms with Crippen molar-refractivity contribution in [1.82, 2.24) is 0 Å². The number of hydrogen-bond acceptors (Lipinski definition) is 1. The van der Waals surface area contributed by atoms with Gasteiger partial charge in [0.2, 0.25) is 0 Å². The molecule has 0 bridgehead atoms. The van der Waals surface area contributed by atoms with Gasteiger partial charge in [-0.3, -0.25) is 0 Å². The van der Waals surface area contributed by atoms with Crippen molar-refractivity contribution in [2.75, 3.05) is 19.0 Å². The molecule has 19 heavy (non-hydrogen) atoms. The van der Waals surface area contributed by atoms with Crippen LogP contribution in [0.4, 0.5) is 5.69 Å². The van der Waals surface area contributed by atoms with E-state index in [9.17, 15) is 0 Å². The summed E-state index contributed by atoms with van der Waals surface area (Å²) in [6.45, 7) is 6.72. The molecule has 0 saturated carbocycles. The van der Waals surface area contributed by atoms with Crippen LogP contribution in [-0.2, 0) is 0 Å². The van der Waals surface area contributed by atoms with Crippen molar-refractivity contribution < 1.29 is 0 Å². The zero-order chi connectivity index (χ0) is 14.0. The molecule has 0 saturated heterocycles. The summed E-state index contributed by atoms with van der Waals surface area (Å²) in [5.41, 5.74) is 6.77. The fourth-order valence-corrected chi connectivity index (χ4v) is 2.61. The number of para-hydroxylation sites is 1. The number of anilines is 1. The standard InChI is InChI=1S/C18H23N/c1-13(2)15-11-8-9-14(3)18(15)16-10-6-7-12-17(16)19(4)5/h6-13H,1-5H3. The van der Waals surface area contributed by atoms with E-state index >= 15 is 0 Å². The summed E-state index contributed by atoms with van der Waals surface area (Å²) in [7, 11) is 4.21. The van der Waals surface area contributed by atoms with Crippen molar-refractivity contribution >= 4 is 5.69 Å². The molecule has 0 heterocycles. The normalized spacial score (nSPS) is 10.8. The van der Waals surface area contributed by atoms with Gasteiger partial charge in [-0.1, -0.05) is 50.2 Å². The van der Waals surface area contributed by atoms with Crippen LogP contribution in [0.5, 0.6) is 0 Å². The second kappa shape index (κ2) is 5.48. The molecule has 0 aromatic heterocycles. The fraction of sp³-hybridized carbons (Fsp3) is 0.333. The summed E-state index contributed by atoms with van der Waals surface area (Å²) in [5, 5.41) is 0. The highest BCUT2D eigenvalue weighted by Gasteiger charge is 2.14. The molecular weight excluding hydrogens is 230 g/mol. The molecular formula is C18H23N. The third-order valence-corrected chi connectivity index (χ3v) is 3.58. The van der Waals surface area contributed by atoms with Gasteiger partial charge in [0.1, 0.15) is 0 Å². The van der Waals surface area contributed by atoms with Gasteiger partial charge in [-0.25, -0.2) is 0 Å². The second-order valence-electron chi connectivity index (χ2n) is 5.61. The third kappa shape index (κ3) is 2.65. The van der Waals surface area contributed by atoms with Crippen LogP contribution >= 0.6 is 0 Å². The van der Waals surface area contributed by atoms with Crippen LogP contribution in [0.15, 0.2) is 42.5 Å². The summed E-state index contributed by atoms with van der Waals surface area (Å²) in [6.07, 6.45) is 0. The van der Waals surface area contributed by atoms with E-state index in [1.54, 1.807) is 0 Å². The van der Waals surface area contributed by atoms with Crippen LogP contribution in [0.25, 0.3) is 11.1 Å². The fourth-order valence-electron chi connectivity index (χ4n) is 2.61. The minimum absolute atomic E-state index is 0.533. The minimum atomic E-state index is 0.533. The Morgan fingerprint density at radius 3 is 2.21 bits per heavy atom. The first-order valence-electron chi connectivity index (χ1n) is 6.88. The zero-order valence-electron chi connectivity index (χ0n) is 12.6. The monoisotopic (exact) mass is 253 g/mol. The predicted octanol–water partition coefficient (Wildman–Crippen LogP) is 4.85. The van der Waals surface area contributed by atoms with Crippen molar-refractivity contribution in [1.29, 1.82) is 0 Å². The molecule has 100 valence electrons. The molecule has 0 aliphatic carbocycles. The Hall–Kier alpha value is -1.76. The number of aryl methyl sites for hydroxylation is 1. The lowest BCUT2D eigenvalue weighted by Crippen LogP contribution is -2.10. The third-order valence-electron chi connectivity index (χ3n) is 3.58. The average molecular weight is 253 g/mol. The maximum absolute atomic E-state index is 2.26. The van der Waals surface area contributed by atoms with Gasteiger partial charge in [0, 0.05) is 25.3 Å². The molecule has 0 unspecified atom stereocenters. The van der Waals surface area contributed by atoms with Crippen LogP contribution in [-0.4, -0.2) is 14.1 Å². The molecule has 2 aromatic rings. The van der Waals surface area contributed by atoms with E-state index in [2.05, 4.69) is 82.2 Å². The second-order valence-corrected chi connectivity index (χ2v) is 5.61. The first kappa shape index (κ1) is 13.7. The van der Waals surface area contributed by atoms with Crippen molar-refractivity contribution in [3.8, 4) is 11.1 Å².